The Morgan fingerprint density at radius 2 is 2.27 bits per heavy atom. The molecule has 0 spiro atoms. The fourth-order valence-electron chi connectivity index (χ4n) is 1.36. The molecule has 0 bridgehead atoms. The summed E-state index contributed by atoms with van der Waals surface area (Å²) in [5, 5.41) is 12.9. The van der Waals surface area contributed by atoms with E-state index in [4.69, 9.17) is 11.0 Å². The minimum Gasteiger partial charge on any atom is -0.397 e. The normalized spacial score (nSPS) is 9.87. The maximum atomic E-state index is 8.78. The number of nitrogen functional groups attached to an aromatic ring is 1. The molecule has 0 amide bonds. The largest absolute Gasteiger partial charge is 0.397 e. The Labute approximate surface area is 87.6 Å². The molecule has 2 N–H and O–H groups in total. The molecular formula is C11H10N4. The third-order valence-electron chi connectivity index (χ3n) is 2.12. The molecule has 0 atom stereocenters. The standard InChI is InChI=1S/C11H10N4/c1-8-6-14-15(7-8)11-4-9(5-12)2-3-10(11)13/h2-4,6-7H,13H2,1H3. The fourth-order valence-corrected chi connectivity index (χ4v) is 1.36. The summed E-state index contributed by atoms with van der Waals surface area (Å²) in [7, 11) is 0. The van der Waals surface area contributed by atoms with Crippen LogP contribution < -0.4 is 5.73 Å². The van der Waals surface area contributed by atoms with E-state index >= 15 is 0 Å². The van der Waals surface area contributed by atoms with Crippen molar-refractivity contribution in [2.75, 3.05) is 5.73 Å². The van der Waals surface area contributed by atoms with Gasteiger partial charge in [-0.1, -0.05) is 0 Å². The predicted octanol–water partition coefficient (Wildman–Crippen LogP) is 1.63. The number of anilines is 1. The summed E-state index contributed by atoms with van der Waals surface area (Å²) in [4.78, 5) is 0. The first kappa shape index (κ1) is 9.28. The summed E-state index contributed by atoms with van der Waals surface area (Å²) in [5.74, 6) is 0. The topological polar surface area (TPSA) is 67.6 Å². The lowest BCUT2D eigenvalue weighted by atomic mass is 10.2. The quantitative estimate of drug-likeness (QED) is 0.708. The predicted molar refractivity (Wildman–Crippen MR) is 57.4 cm³/mol. The highest BCUT2D eigenvalue weighted by molar-refractivity contribution is 5.60. The van der Waals surface area contributed by atoms with Crippen LogP contribution in [0, 0.1) is 18.3 Å². The third kappa shape index (κ3) is 1.67. The first-order valence-electron chi connectivity index (χ1n) is 4.52. The van der Waals surface area contributed by atoms with Gasteiger partial charge >= 0.3 is 0 Å². The van der Waals surface area contributed by atoms with Crippen molar-refractivity contribution in [3.8, 4) is 11.8 Å². The minimum absolute atomic E-state index is 0.576. The van der Waals surface area contributed by atoms with Crippen LogP contribution in [0.2, 0.25) is 0 Å². The molecule has 0 aliphatic heterocycles. The molecule has 1 aromatic carbocycles. The average Bonchev–Trinajstić information content (AvgIpc) is 2.65. The van der Waals surface area contributed by atoms with Crippen molar-refractivity contribution in [3.05, 3.63) is 41.7 Å². The van der Waals surface area contributed by atoms with Gasteiger partial charge in [-0.05, 0) is 30.7 Å². The molecular weight excluding hydrogens is 188 g/mol. The molecule has 1 heterocycles. The second kappa shape index (κ2) is 3.46. The number of aryl methyl sites for hydroxylation is 1. The van der Waals surface area contributed by atoms with E-state index in [9.17, 15) is 0 Å². The molecule has 0 aliphatic rings. The second-order valence-electron chi connectivity index (χ2n) is 3.35. The van der Waals surface area contributed by atoms with Gasteiger partial charge < -0.3 is 5.73 Å². The van der Waals surface area contributed by atoms with Crippen LogP contribution in [0.4, 0.5) is 5.69 Å². The molecule has 0 radical (unpaired) electrons. The number of rotatable bonds is 1. The number of hydrogen-bond acceptors (Lipinski definition) is 3. The Hall–Kier alpha value is -2.28. The van der Waals surface area contributed by atoms with Crippen molar-refractivity contribution in [2.45, 2.75) is 6.92 Å². The molecule has 15 heavy (non-hydrogen) atoms. The van der Waals surface area contributed by atoms with Gasteiger partial charge in [0.25, 0.3) is 0 Å². The van der Waals surface area contributed by atoms with E-state index in [2.05, 4.69) is 11.2 Å². The van der Waals surface area contributed by atoms with Crippen LogP contribution in [0.3, 0.4) is 0 Å². The van der Waals surface area contributed by atoms with E-state index < -0.39 is 0 Å². The van der Waals surface area contributed by atoms with Gasteiger partial charge in [0.1, 0.15) is 0 Å². The first-order chi connectivity index (χ1) is 7.20. The zero-order valence-electron chi connectivity index (χ0n) is 8.31. The molecule has 0 unspecified atom stereocenters. The molecule has 74 valence electrons. The van der Waals surface area contributed by atoms with E-state index in [0.717, 1.165) is 11.3 Å². The SMILES string of the molecule is Cc1cnn(-c2cc(C#N)ccc2N)c1. The number of nitriles is 1. The average molecular weight is 198 g/mol. The van der Waals surface area contributed by atoms with E-state index in [1.165, 1.54) is 0 Å². The smallest absolute Gasteiger partial charge is 0.0992 e. The molecule has 0 saturated heterocycles. The summed E-state index contributed by atoms with van der Waals surface area (Å²) in [6, 6.07) is 7.20. The summed E-state index contributed by atoms with van der Waals surface area (Å²) in [6.07, 6.45) is 3.62. The van der Waals surface area contributed by atoms with Crippen molar-refractivity contribution in [1.29, 1.82) is 5.26 Å². The molecule has 0 saturated carbocycles. The van der Waals surface area contributed by atoms with Gasteiger partial charge in [0.05, 0.1) is 29.2 Å². The molecule has 1 aromatic heterocycles. The van der Waals surface area contributed by atoms with E-state index in [1.54, 1.807) is 29.1 Å². The maximum absolute atomic E-state index is 8.78. The van der Waals surface area contributed by atoms with E-state index in [1.807, 2.05) is 13.1 Å². The molecule has 4 heteroatoms. The van der Waals surface area contributed by atoms with Crippen LogP contribution in [0.5, 0.6) is 0 Å². The highest BCUT2D eigenvalue weighted by atomic mass is 15.3. The monoisotopic (exact) mass is 198 g/mol. The Morgan fingerprint density at radius 3 is 2.87 bits per heavy atom. The van der Waals surface area contributed by atoms with Crippen LogP contribution >= 0.6 is 0 Å². The van der Waals surface area contributed by atoms with Crippen molar-refractivity contribution >= 4 is 5.69 Å². The van der Waals surface area contributed by atoms with Gasteiger partial charge in [0, 0.05) is 6.20 Å². The maximum Gasteiger partial charge on any atom is 0.0992 e. The highest BCUT2D eigenvalue weighted by Gasteiger charge is 2.04. The van der Waals surface area contributed by atoms with Crippen LogP contribution in [0.1, 0.15) is 11.1 Å². The molecule has 2 aromatic rings. The molecule has 2 rings (SSSR count). The van der Waals surface area contributed by atoms with E-state index in [0.29, 0.717) is 11.3 Å². The van der Waals surface area contributed by atoms with Crippen LogP contribution in [-0.4, -0.2) is 9.78 Å². The van der Waals surface area contributed by atoms with Gasteiger partial charge in [-0.25, -0.2) is 4.68 Å². The minimum atomic E-state index is 0.576. The summed E-state index contributed by atoms with van der Waals surface area (Å²) in [5.41, 5.74) is 8.79. The Bertz CT molecular complexity index is 534. The molecule has 0 fully saturated rings. The van der Waals surface area contributed by atoms with Gasteiger partial charge in [0.15, 0.2) is 0 Å². The van der Waals surface area contributed by atoms with Gasteiger partial charge in [-0.15, -0.1) is 0 Å². The number of nitrogens with two attached hydrogens (primary N) is 1. The molecule has 4 nitrogen and oxygen atoms in total. The lowest BCUT2D eigenvalue weighted by molar-refractivity contribution is 0.882. The second-order valence-corrected chi connectivity index (χ2v) is 3.35. The van der Waals surface area contributed by atoms with Crippen molar-refractivity contribution in [1.82, 2.24) is 9.78 Å². The lowest BCUT2D eigenvalue weighted by Gasteiger charge is -2.05. The lowest BCUT2D eigenvalue weighted by Crippen LogP contribution is -2.00. The van der Waals surface area contributed by atoms with Crippen molar-refractivity contribution < 1.29 is 0 Å². The summed E-state index contributed by atoms with van der Waals surface area (Å²) >= 11 is 0. The third-order valence-corrected chi connectivity index (χ3v) is 2.12. The van der Waals surface area contributed by atoms with Crippen LogP contribution in [0.15, 0.2) is 30.6 Å². The summed E-state index contributed by atoms with van der Waals surface area (Å²) < 4.78 is 1.67. The van der Waals surface area contributed by atoms with Gasteiger partial charge in [0.2, 0.25) is 0 Å². The number of nitrogens with zero attached hydrogens (tertiary/aromatic N) is 3. The van der Waals surface area contributed by atoms with Gasteiger partial charge in [-0.3, -0.25) is 0 Å². The van der Waals surface area contributed by atoms with E-state index in [-0.39, 0.29) is 0 Å². The van der Waals surface area contributed by atoms with Crippen LogP contribution in [-0.2, 0) is 0 Å². The first-order valence-corrected chi connectivity index (χ1v) is 4.52. The molecule has 0 aliphatic carbocycles. The van der Waals surface area contributed by atoms with Gasteiger partial charge in [-0.2, -0.15) is 10.4 Å². The Morgan fingerprint density at radius 1 is 1.47 bits per heavy atom. The van der Waals surface area contributed by atoms with Crippen molar-refractivity contribution in [3.63, 3.8) is 0 Å². The summed E-state index contributed by atoms with van der Waals surface area (Å²) in [6.45, 7) is 1.95. The van der Waals surface area contributed by atoms with Crippen LogP contribution in [0.25, 0.3) is 5.69 Å². The Balaban J connectivity index is 2.57. The fraction of sp³-hybridized carbons (Fsp3) is 0.0909. The zero-order valence-corrected chi connectivity index (χ0v) is 8.31. The number of hydrogen-bond donors (Lipinski definition) is 1. The number of aromatic nitrogens is 2. The highest BCUT2D eigenvalue weighted by Crippen LogP contribution is 2.18. The number of benzene rings is 1. The Kier molecular flexibility index (Phi) is 2.14. The zero-order chi connectivity index (χ0) is 10.8. The van der Waals surface area contributed by atoms with Crippen molar-refractivity contribution in [2.24, 2.45) is 0 Å².